The highest BCUT2D eigenvalue weighted by Gasteiger charge is 2.24. The average Bonchev–Trinajstić information content (AvgIpc) is 3.15. The number of aliphatic carboxylic acids is 1. The Morgan fingerprint density at radius 3 is 2.44 bits per heavy atom. The maximum Gasteiger partial charge on any atom is 0.323 e. The Hall–Kier alpha value is -3.05. The van der Waals surface area contributed by atoms with Gasteiger partial charge in [-0.3, -0.25) is 14.9 Å². The fourth-order valence-electron chi connectivity index (χ4n) is 4.10. The van der Waals surface area contributed by atoms with Gasteiger partial charge in [0.05, 0.1) is 36.4 Å². The quantitative estimate of drug-likeness (QED) is 0.383. The summed E-state index contributed by atoms with van der Waals surface area (Å²) in [4.78, 5) is 28.5. The predicted molar refractivity (Wildman–Crippen MR) is 128 cm³/mol. The number of methoxy groups -OCH3 is 2. The number of carbonyl (C=O) groups is 1. The Morgan fingerprint density at radius 2 is 1.88 bits per heavy atom. The smallest absolute Gasteiger partial charge is 0.323 e. The number of nitrogens with one attached hydrogen (secondary N) is 1. The van der Waals surface area contributed by atoms with Gasteiger partial charge in [0.15, 0.2) is 0 Å². The lowest BCUT2D eigenvalue weighted by atomic mass is 10.1. The number of aliphatic hydroxyl groups excluding tert-OH is 1. The van der Waals surface area contributed by atoms with Crippen molar-refractivity contribution in [2.45, 2.75) is 38.6 Å². The van der Waals surface area contributed by atoms with E-state index in [0.717, 1.165) is 22.2 Å². The molecule has 2 aromatic heterocycles. The molecular weight excluding hydrogens is 440 g/mol. The van der Waals surface area contributed by atoms with Gasteiger partial charge in [0.1, 0.15) is 11.9 Å². The molecule has 1 aromatic carbocycles. The van der Waals surface area contributed by atoms with Gasteiger partial charge in [0.25, 0.3) is 5.56 Å². The Morgan fingerprint density at radius 1 is 1.21 bits per heavy atom. The zero-order valence-corrected chi connectivity index (χ0v) is 20.1. The summed E-state index contributed by atoms with van der Waals surface area (Å²) in [5.41, 5.74) is 3.72. The zero-order valence-electron chi connectivity index (χ0n) is 20.1. The number of hydrogen-bond acceptors (Lipinski definition) is 7. The standard InChI is InChI=1S/C24H32N4O6/c1-14-8-17(11-27(3)23(14)30)22-26-19-7-6-16(10-25-21(15(2)29)24(31)32)9-20(19)28(22)18(12-33-4)13-34-5/h6-9,11,15,18,21,25,29H,10,12-13H2,1-5H3,(H,31,32). The molecule has 3 aromatic rings. The van der Waals surface area contributed by atoms with Gasteiger partial charge in [-0.2, -0.15) is 0 Å². The van der Waals surface area contributed by atoms with Gasteiger partial charge >= 0.3 is 5.97 Å². The van der Waals surface area contributed by atoms with E-state index in [1.807, 2.05) is 28.8 Å². The molecule has 0 aliphatic heterocycles. The molecule has 10 nitrogen and oxygen atoms in total. The van der Waals surface area contributed by atoms with Gasteiger partial charge in [0.2, 0.25) is 0 Å². The van der Waals surface area contributed by atoms with Crippen LogP contribution in [0.25, 0.3) is 22.4 Å². The van der Waals surface area contributed by atoms with Crippen molar-refractivity contribution in [3.63, 3.8) is 0 Å². The lowest BCUT2D eigenvalue weighted by Gasteiger charge is -2.21. The van der Waals surface area contributed by atoms with E-state index in [2.05, 4.69) is 5.32 Å². The van der Waals surface area contributed by atoms with Crippen LogP contribution in [-0.2, 0) is 27.9 Å². The minimum atomic E-state index is -1.12. The fourth-order valence-corrected chi connectivity index (χ4v) is 4.10. The van der Waals surface area contributed by atoms with Gasteiger partial charge in [-0.15, -0.1) is 0 Å². The average molecular weight is 473 g/mol. The van der Waals surface area contributed by atoms with Crippen LogP contribution in [0.4, 0.5) is 0 Å². The van der Waals surface area contributed by atoms with Crippen molar-refractivity contribution < 1.29 is 24.5 Å². The summed E-state index contributed by atoms with van der Waals surface area (Å²) < 4.78 is 14.5. The molecule has 10 heteroatoms. The molecule has 2 atom stereocenters. The van der Waals surface area contributed by atoms with Crippen LogP contribution in [0.15, 0.2) is 35.3 Å². The number of hydrogen-bond donors (Lipinski definition) is 3. The maximum atomic E-state index is 12.2. The molecule has 0 fully saturated rings. The molecule has 184 valence electrons. The third-order valence-corrected chi connectivity index (χ3v) is 5.73. The van der Waals surface area contributed by atoms with Crippen LogP contribution < -0.4 is 10.9 Å². The molecular formula is C24H32N4O6. The molecule has 2 heterocycles. The SMILES string of the molecule is COCC(COC)n1c(-c2cc(C)c(=O)n(C)c2)nc2ccc(CNC(C(=O)O)C(C)O)cc21. The number of benzene rings is 1. The summed E-state index contributed by atoms with van der Waals surface area (Å²) in [5, 5.41) is 22.0. The summed E-state index contributed by atoms with van der Waals surface area (Å²) in [6.45, 7) is 4.21. The molecule has 0 bridgehead atoms. The summed E-state index contributed by atoms with van der Waals surface area (Å²) in [6, 6.07) is 6.22. The van der Waals surface area contributed by atoms with Crippen LogP contribution in [0.2, 0.25) is 0 Å². The Kier molecular flexibility index (Phi) is 8.21. The normalized spacial score (nSPS) is 13.5. The highest BCUT2D eigenvalue weighted by atomic mass is 16.5. The van der Waals surface area contributed by atoms with Gasteiger partial charge in [0, 0.05) is 45.1 Å². The fraction of sp³-hybridized carbons (Fsp3) is 0.458. The number of nitrogens with zero attached hydrogens (tertiary/aromatic N) is 3. The van der Waals surface area contributed by atoms with Crippen LogP contribution in [0.5, 0.6) is 0 Å². The van der Waals surface area contributed by atoms with Gasteiger partial charge in [-0.1, -0.05) is 6.07 Å². The van der Waals surface area contributed by atoms with E-state index in [1.165, 1.54) is 11.5 Å². The molecule has 0 amide bonds. The second-order valence-electron chi connectivity index (χ2n) is 8.46. The molecule has 0 spiro atoms. The monoisotopic (exact) mass is 472 g/mol. The number of carboxylic acid groups (broad SMARTS) is 1. The van der Waals surface area contributed by atoms with Crippen LogP contribution in [0.1, 0.15) is 24.1 Å². The van der Waals surface area contributed by atoms with Crippen molar-refractivity contribution in [2.75, 3.05) is 27.4 Å². The second kappa shape index (κ2) is 10.9. The second-order valence-corrected chi connectivity index (χ2v) is 8.46. The first-order valence-corrected chi connectivity index (χ1v) is 11.0. The number of aliphatic hydroxyl groups is 1. The molecule has 0 aliphatic carbocycles. The highest BCUT2D eigenvalue weighted by molar-refractivity contribution is 5.81. The van der Waals surface area contributed by atoms with Crippen LogP contribution in [-0.4, -0.2) is 69.9 Å². The first kappa shape index (κ1) is 25.6. The topological polar surface area (TPSA) is 128 Å². The van der Waals surface area contributed by atoms with Crippen LogP contribution >= 0.6 is 0 Å². The van der Waals surface area contributed by atoms with Gasteiger partial charge in [-0.25, -0.2) is 4.98 Å². The van der Waals surface area contributed by atoms with Crippen molar-refractivity contribution in [2.24, 2.45) is 7.05 Å². The molecule has 0 aliphatic rings. The number of pyridine rings is 1. The Bertz CT molecular complexity index is 1180. The number of aromatic nitrogens is 3. The summed E-state index contributed by atoms with van der Waals surface area (Å²) in [6.07, 6.45) is 0.714. The molecule has 0 radical (unpaired) electrons. The molecule has 2 unspecified atom stereocenters. The number of rotatable bonds is 11. The van der Waals surface area contributed by atoms with Crippen molar-refractivity contribution in [1.82, 2.24) is 19.4 Å². The van der Waals surface area contributed by atoms with E-state index in [1.54, 1.807) is 34.4 Å². The number of aryl methyl sites for hydroxylation is 2. The largest absolute Gasteiger partial charge is 0.480 e. The summed E-state index contributed by atoms with van der Waals surface area (Å²) in [7, 11) is 4.95. The van der Waals surface area contributed by atoms with Crippen molar-refractivity contribution in [3.8, 4) is 11.4 Å². The number of fused-ring (bicyclic) bond motifs is 1. The van der Waals surface area contributed by atoms with E-state index in [-0.39, 0.29) is 18.1 Å². The Labute approximate surface area is 197 Å². The highest BCUT2D eigenvalue weighted by Crippen LogP contribution is 2.30. The lowest BCUT2D eigenvalue weighted by molar-refractivity contribution is -0.142. The van der Waals surface area contributed by atoms with Crippen LogP contribution in [0, 0.1) is 6.92 Å². The van der Waals surface area contributed by atoms with Crippen molar-refractivity contribution >= 4 is 17.0 Å². The molecule has 3 rings (SSSR count). The van der Waals surface area contributed by atoms with E-state index < -0.39 is 18.1 Å². The summed E-state index contributed by atoms with van der Waals surface area (Å²) >= 11 is 0. The van der Waals surface area contributed by atoms with Crippen molar-refractivity contribution in [1.29, 1.82) is 0 Å². The number of ether oxygens (including phenoxy) is 2. The molecule has 0 saturated heterocycles. The minimum Gasteiger partial charge on any atom is -0.480 e. The predicted octanol–water partition coefficient (Wildman–Crippen LogP) is 1.47. The lowest BCUT2D eigenvalue weighted by Crippen LogP contribution is -2.44. The third kappa shape index (κ3) is 5.36. The molecule has 3 N–H and O–H groups in total. The van der Waals surface area contributed by atoms with E-state index in [9.17, 15) is 19.8 Å². The van der Waals surface area contributed by atoms with Gasteiger partial charge < -0.3 is 28.8 Å². The Balaban J connectivity index is 2.14. The third-order valence-electron chi connectivity index (χ3n) is 5.73. The van der Waals surface area contributed by atoms with Crippen molar-refractivity contribution in [3.05, 3.63) is 51.9 Å². The summed E-state index contributed by atoms with van der Waals surface area (Å²) in [5.74, 6) is -0.445. The first-order valence-electron chi connectivity index (χ1n) is 11.0. The zero-order chi connectivity index (χ0) is 25.0. The van der Waals surface area contributed by atoms with E-state index in [0.29, 0.717) is 24.6 Å². The van der Waals surface area contributed by atoms with E-state index >= 15 is 0 Å². The molecule has 0 saturated carbocycles. The van der Waals surface area contributed by atoms with Gasteiger partial charge in [-0.05, 0) is 37.6 Å². The number of carboxylic acids is 1. The van der Waals surface area contributed by atoms with Crippen LogP contribution in [0.3, 0.4) is 0 Å². The molecule has 34 heavy (non-hydrogen) atoms. The first-order chi connectivity index (χ1) is 16.2. The number of imidazole rings is 1. The maximum absolute atomic E-state index is 12.2. The minimum absolute atomic E-state index is 0.0730. The van der Waals surface area contributed by atoms with E-state index in [4.69, 9.17) is 14.5 Å².